The maximum atomic E-state index is 13.9. The van der Waals surface area contributed by atoms with Crippen molar-refractivity contribution in [1.29, 1.82) is 0 Å². The van der Waals surface area contributed by atoms with E-state index in [9.17, 15) is 4.39 Å². The molecule has 0 saturated carbocycles. The molecular weight excluding hydrogens is 265 g/mol. The molecule has 2 atom stereocenters. The van der Waals surface area contributed by atoms with Crippen LogP contribution in [0.5, 0.6) is 5.75 Å². The van der Waals surface area contributed by atoms with Gasteiger partial charge in [0.1, 0.15) is 17.7 Å². The third-order valence-corrected chi connectivity index (χ3v) is 3.60. The molecule has 2 nitrogen and oxygen atoms in total. The Morgan fingerprint density at radius 1 is 1.16 bits per heavy atom. The molecule has 0 bridgehead atoms. The highest BCUT2D eigenvalue weighted by Gasteiger charge is 2.28. The Balaban J connectivity index is 1.97. The summed E-state index contributed by atoms with van der Waals surface area (Å²) in [5.41, 5.74) is 7.59. The lowest BCUT2D eigenvalue weighted by Gasteiger charge is -2.30. The molecule has 1 aliphatic heterocycles. The molecule has 2 aromatic carbocycles. The summed E-state index contributed by atoms with van der Waals surface area (Å²) < 4.78 is 19.8. The Hall–Kier alpha value is -1.58. The van der Waals surface area contributed by atoms with Gasteiger partial charge >= 0.3 is 0 Å². The molecule has 2 N–H and O–H groups in total. The number of benzene rings is 2. The molecule has 4 heteroatoms. The molecule has 0 amide bonds. The summed E-state index contributed by atoms with van der Waals surface area (Å²) in [7, 11) is 0. The van der Waals surface area contributed by atoms with Crippen molar-refractivity contribution >= 4 is 11.6 Å². The van der Waals surface area contributed by atoms with E-state index in [1.54, 1.807) is 12.1 Å². The number of fused-ring (bicyclic) bond motifs is 1. The van der Waals surface area contributed by atoms with E-state index in [2.05, 4.69) is 0 Å². The second-order valence-corrected chi connectivity index (χ2v) is 5.09. The molecule has 2 aromatic rings. The first-order chi connectivity index (χ1) is 9.15. The Labute approximate surface area is 115 Å². The quantitative estimate of drug-likeness (QED) is 0.855. The number of ether oxygens (including phenoxy) is 1. The molecule has 98 valence electrons. The van der Waals surface area contributed by atoms with Crippen LogP contribution < -0.4 is 10.5 Å². The predicted octanol–water partition coefficient (Wildman–Crippen LogP) is 4.00. The van der Waals surface area contributed by atoms with Crippen LogP contribution in [0.3, 0.4) is 0 Å². The molecule has 0 aliphatic carbocycles. The Morgan fingerprint density at radius 3 is 2.74 bits per heavy atom. The third-order valence-electron chi connectivity index (χ3n) is 3.37. The summed E-state index contributed by atoms with van der Waals surface area (Å²) in [6, 6.07) is 12.1. The maximum Gasteiger partial charge on any atom is 0.131 e. The van der Waals surface area contributed by atoms with Crippen LogP contribution in [0.4, 0.5) is 4.39 Å². The molecule has 3 rings (SSSR count). The molecule has 0 spiro atoms. The Kier molecular flexibility index (Phi) is 3.17. The molecule has 19 heavy (non-hydrogen) atoms. The van der Waals surface area contributed by atoms with Gasteiger partial charge in [-0.25, -0.2) is 4.39 Å². The van der Waals surface area contributed by atoms with E-state index in [1.807, 2.05) is 24.3 Å². The molecule has 0 aromatic heterocycles. The van der Waals surface area contributed by atoms with E-state index in [0.717, 1.165) is 11.3 Å². The first-order valence-electron chi connectivity index (χ1n) is 6.11. The summed E-state index contributed by atoms with van der Waals surface area (Å²) >= 11 is 5.76. The van der Waals surface area contributed by atoms with Crippen LogP contribution in [0.1, 0.15) is 29.7 Å². The number of nitrogens with two attached hydrogens (primary N) is 1. The van der Waals surface area contributed by atoms with Crippen molar-refractivity contribution in [2.24, 2.45) is 5.73 Å². The van der Waals surface area contributed by atoms with Crippen molar-refractivity contribution in [3.8, 4) is 5.75 Å². The van der Waals surface area contributed by atoms with Crippen LogP contribution in [-0.2, 0) is 0 Å². The van der Waals surface area contributed by atoms with Gasteiger partial charge in [-0.2, -0.15) is 0 Å². The van der Waals surface area contributed by atoms with Crippen molar-refractivity contribution in [3.05, 3.63) is 64.4 Å². The van der Waals surface area contributed by atoms with Gasteiger partial charge in [-0.05, 0) is 18.2 Å². The van der Waals surface area contributed by atoms with Crippen molar-refractivity contribution in [2.75, 3.05) is 0 Å². The van der Waals surface area contributed by atoms with Crippen molar-refractivity contribution < 1.29 is 9.13 Å². The monoisotopic (exact) mass is 277 g/mol. The highest BCUT2D eigenvalue weighted by atomic mass is 35.5. The van der Waals surface area contributed by atoms with Gasteiger partial charge in [0, 0.05) is 28.6 Å². The van der Waals surface area contributed by atoms with Gasteiger partial charge in [0.05, 0.1) is 0 Å². The highest BCUT2D eigenvalue weighted by Crippen LogP contribution is 2.40. The van der Waals surface area contributed by atoms with E-state index in [0.29, 0.717) is 17.0 Å². The minimum atomic E-state index is -0.373. The summed E-state index contributed by atoms with van der Waals surface area (Å²) in [5, 5.41) is 0.377. The topological polar surface area (TPSA) is 35.2 Å². The lowest BCUT2D eigenvalue weighted by molar-refractivity contribution is 0.157. The van der Waals surface area contributed by atoms with E-state index in [1.165, 1.54) is 6.07 Å². The van der Waals surface area contributed by atoms with Gasteiger partial charge < -0.3 is 10.5 Å². The SMILES string of the molecule is N[C@H]1CC(c2ccc(Cl)cc2F)Oc2ccccc21. The molecule has 1 unspecified atom stereocenters. The summed E-state index contributed by atoms with van der Waals surface area (Å²) in [4.78, 5) is 0. The summed E-state index contributed by atoms with van der Waals surface area (Å²) in [6.07, 6.45) is 0.178. The van der Waals surface area contributed by atoms with E-state index >= 15 is 0 Å². The normalized spacial score (nSPS) is 21.6. The fourth-order valence-electron chi connectivity index (χ4n) is 2.41. The second kappa shape index (κ2) is 4.83. The van der Waals surface area contributed by atoms with Crippen LogP contribution in [-0.4, -0.2) is 0 Å². The average molecular weight is 278 g/mol. The van der Waals surface area contributed by atoms with E-state index < -0.39 is 0 Å². The van der Waals surface area contributed by atoms with E-state index in [-0.39, 0.29) is 18.0 Å². The summed E-state index contributed by atoms with van der Waals surface area (Å²) in [6.45, 7) is 0. The lowest BCUT2D eigenvalue weighted by Crippen LogP contribution is -2.24. The number of para-hydroxylation sites is 1. The largest absolute Gasteiger partial charge is 0.485 e. The smallest absolute Gasteiger partial charge is 0.131 e. The van der Waals surface area contributed by atoms with Crippen LogP contribution in [0.25, 0.3) is 0 Å². The van der Waals surface area contributed by atoms with Gasteiger partial charge in [0.25, 0.3) is 0 Å². The molecule has 0 radical (unpaired) electrons. The number of halogens is 2. The fourth-order valence-corrected chi connectivity index (χ4v) is 2.57. The summed E-state index contributed by atoms with van der Waals surface area (Å²) in [5.74, 6) is 0.365. The lowest BCUT2D eigenvalue weighted by atomic mass is 9.93. The van der Waals surface area contributed by atoms with Gasteiger partial charge in [0.2, 0.25) is 0 Å². The van der Waals surface area contributed by atoms with Gasteiger partial charge in [0.15, 0.2) is 0 Å². The molecular formula is C15H13ClFNO. The molecule has 1 heterocycles. The van der Waals surface area contributed by atoms with Gasteiger partial charge in [-0.15, -0.1) is 0 Å². The standard InChI is InChI=1S/C15H13ClFNO/c16-9-5-6-10(12(17)7-9)15-8-13(18)11-3-1-2-4-14(11)19-15/h1-7,13,15H,8,18H2/t13-,15?/m0/s1. The number of hydrogen-bond acceptors (Lipinski definition) is 2. The number of rotatable bonds is 1. The Morgan fingerprint density at radius 2 is 1.95 bits per heavy atom. The molecule has 0 saturated heterocycles. The van der Waals surface area contributed by atoms with Crippen molar-refractivity contribution in [3.63, 3.8) is 0 Å². The average Bonchev–Trinajstić information content (AvgIpc) is 2.38. The van der Waals surface area contributed by atoms with Crippen LogP contribution in [0.2, 0.25) is 5.02 Å². The first-order valence-corrected chi connectivity index (χ1v) is 6.49. The molecule has 1 aliphatic rings. The third kappa shape index (κ3) is 2.31. The van der Waals surface area contributed by atoms with Crippen LogP contribution in [0.15, 0.2) is 42.5 Å². The second-order valence-electron chi connectivity index (χ2n) is 4.65. The highest BCUT2D eigenvalue weighted by molar-refractivity contribution is 6.30. The zero-order chi connectivity index (χ0) is 13.4. The molecule has 0 fully saturated rings. The van der Waals surface area contributed by atoms with Crippen LogP contribution in [0, 0.1) is 5.82 Å². The zero-order valence-electron chi connectivity index (χ0n) is 10.1. The van der Waals surface area contributed by atoms with Gasteiger partial charge in [-0.1, -0.05) is 35.9 Å². The van der Waals surface area contributed by atoms with Crippen molar-refractivity contribution in [2.45, 2.75) is 18.6 Å². The fraction of sp³-hybridized carbons (Fsp3) is 0.200. The number of hydrogen-bond donors (Lipinski definition) is 1. The Bertz CT molecular complexity index is 617. The van der Waals surface area contributed by atoms with Crippen LogP contribution >= 0.6 is 11.6 Å². The maximum absolute atomic E-state index is 13.9. The van der Waals surface area contributed by atoms with E-state index in [4.69, 9.17) is 22.1 Å². The van der Waals surface area contributed by atoms with Crippen molar-refractivity contribution in [1.82, 2.24) is 0 Å². The minimum Gasteiger partial charge on any atom is -0.485 e. The first kappa shape index (κ1) is 12.5. The minimum absolute atomic E-state index is 0.148. The van der Waals surface area contributed by atoms with Gasteiger partial charge in [-0.3, -0.25) is 0 Å². The zero-order valence-corrected chi connectivity index (χ0v) is 10.9. The predicted molar refractivity (Wildman–Crippen MR) is 72.8 cm³/mol.